The molecule has 14 heteroatoms. The number of carbonyl (C=O) groups excluding carboxylic acids is 1. The Morgan fingerprint density at radius 1 is 1.18 bits per heavy atom. The SMILES string of the molecule is CCN(CC)Cc1nnn(-c2nonc2N)c1C(=O)N/N=C/c1ccc(OCc2ccc(F)cc2)c(OC)c1. The van der Waals surface area contributed by atoms with Gasteiger partial charge in [0.2, 0.25) is 11.6 Å². The molecule has 39 heavy (non-hydrogen) atoms. The topological polar surface area (TPSA) is 159 Å². The molecular weight excluding hydrogens is 509 g/mol. The van der Waals surface area contributed by atoms with Crippen LogP contribution in [0.1, 0.15) is 41.2 Å². The van der Waals surface area contributed by atoms with Gasteiger partial charge in [-0.3, -0.25) is 9.69 Å². The van der Waals surface area contributed by atoms with Gasteiger partial charge >= 0.3 is 0 Å². The molecule has 0 unspecified atom stereocenters. The van der Waals surface area contributed by atoms with Crippen LogP contribution in [0.25, 0.3) is 5.82 Å². The predicted molar refractivity (Wildman–Crippen MR) is 139 cm³/mol. The van der Waals surface area contributed by atoms with Gasteiger partial charge in [0.25, 0.3) is 5.91 Å². The summed E-state index contributed by atoms with van der Waals surface area (Å²) in [6, 6.07) is 11.2. The zero-order chi connectivity index (χ0) is 27.8. The summed E-state index contributed by atoms with van der Waals surface area (Å²) < 4.78 is 30.2. The lowest BCUT2D eigenvalue weighted by atomic mass is 10.2. The second kappa shape index (κ2) is 12.6. The first kappa shape index (κ1) is 27.2. The minimum atomic E-state index is -0.577. The number of amides is 1. The standard InChI is InChI=1S/C25H28FN9O4/c1-4-34(5-2)14-19-22(35(33-29-19)24-23(27)31-39-32-24)25(36)30-28-13-17-8-11-20(21(12-17)37-3)38-15-16-6-9-18(26)10-7-16/h6-13H,4-5,14-15H2,1-3H3,(H2,27,31)(H,30,36)/b28-13+. The molecule has 204 valence electrons. The van der Waals surface area contributed by atoms with Crippen LogP contribution in [0.4, 0.5) is 10.2 Å². The van der Waals surface area contributed by atoms with E-state index in [1.807, 2.05) is 13.8 Å². The molecule has 0 saturated carbocycles. The van der Waals surface area contributed by atoms with Crippen molar-refractivity contribution in [3.63, 3.8) is 0 Å². The maximum atomic E-state index is 13.2. The first-order valence-electron chi connectivity index (χ1n) is 12.1. The molecule has 4 rings (SSSR count). The molecule has 0 saturated heterocycles. The number of nitrogen functional groups attached to an aromatic ring is 1. The van der Waals surface area contributed by atoms with Crippen molar-refractivity contribution in [3.8, 4) is 17.3 Å². The van der Waals surface area contributed by atoms with Crippen LogP contribution < -0.4 is 20.6 Å². The average molecular weight is 538 g/mol. The van der Waals surface area contributed by atoms with Crippen molar-refractivity contribution in [3.05, 3.63) is 70.8 Å². The first-order valence-corrected chi connectivity index (χ1v) is 12.1. The van der Waals surface area contributed by atoms with Crippen LogP contribution in [0.2, 0.25) is 0 Å². The van der Waals surface area contributed by atoms with Crippen molar-refractivity contribution in [1.29, 1.82) is 0 Å². The van der Waals surface area contributed by atoms with Gasteiger partial charge in [-0.15, -0.1) is 5.10 Å². The molecule has 4 aromatic rings. The van der Waals surface area contributed by atoms with E-state index in [-0.39, 0.29) is 29.8 Å². The van der Waals surface area contributed by atoms with Crippen LogP contribution in [-0.2, 0) is 13.2 Å². The number of anilines is 1. The number of halogens is 1. The molecule has 0 fully saturated rings. The third-order valence-electron chi connectivity index (χ3n) is 5.79. The molecule has 0 aliphatic heterocycles. The third kappa shape index (κ3) is 6.54. The Hall–Kier alpha value is -4.85. The molecule has 1 amide bonds. The number of aromatic nitrogens is 5. The molecule has 0 spiro atoms. The zero-order valence-corrected chi connectivity index (χ0v) is 21.7. The van der Waals surface area contributed by atoms with Crippen molar-refractivity contribution < 1.29 is 23.3 Å². The lowest BCUT2D eigenvalue weighted by Gasteiger charge is -2.16. The summed E-state index contributed by atoms with van der Waals surface area (Å²) in [7, 11) is 1.51. The Labute approximate surface area is 223 Å². The molecule has 0 radical (unpaired) electrons. The Bertz CT molecular complexity index is 1430. The fourth-order valence-corrected chi connectivity index (χ4v) is 3.64. The maximum Gasteiger partial charge on any atom is 0.292 e. The quantitative estimate of drug-likeness (QED) is 0.203. The van der Waals surface area contributed by atoms with Crippen LogP contribution in [0.15, 0.2) is 52.2 Å². The predicted octanol–water partition coefficient (Wildman–Crippen LogP) is 2.56. The van der Waals surface area contributed by atoms with Crippen molar-refractivity contribution in [2.45, 2.75) is 27.0 Å². The number of nitrogens with zero attached hydrogens (tertiary/aromatic N) is 7. The highest BCUT2D eigenvalue weighted by Gasteiger charge is 2.25. The number of hydrazone groups is 1. The van der Waals surface area contributed by atoms with Gasteiger partial charge in [0.1, 0.15) is 18.1 Å². The smallest absolute Gasteiger partial charge is 0.292 e. The number of ether oxygens (including phenoxy) is 2. The van der Waals surface area contributed by atoms with Gasteiger partial charge in [-0.25, -0.2) is 14.4 Å². The number of methoxy groups -OCH3 is 1. The molecule has 0 aliphatic rings. The summed E-state index contributed by atoms with van der Waals surface area (Å²) in [6.07, 6.45) is 1.45. The first-order chi connectivity index (χ1) is 18.9. The largest absolute Gasteiger partial charge is 0.493 e. The maximum absolute atomic E-state index is 13.2. The number of hydrogen-bond donors (Lipinski definition) is 2. The molecule has 0 bridgehead atoms. The van der Waals surface area contributed by atoms with Gasteiger partial charge in [-0.1, -0.05) is 31.2 Å². The third-order valence-corrected chi connectivity index (χ3v) is 5.79. The molecule has 13 nitrogen and oxygen atoms in total. The van der Waals surface area contributed by atoms with E-state index in [0.29, 0.717) is 29.3 Å². The summed E-state index contributed by atoms with van der Waals surface area (Å²) in [5, 5.41) is 19.6. The summed E-state index contributed by atoms with van der Waals surface area (Å²) in [4.78, 5) is 15.3. The Kier molecular flexibility index (Phi) is 8.78. The second-order valence-corrected chi connectivity index (χ2v) is 8.26. The molecule has 0 aliphatic carbocycles. The molecular formula is C25H28FN9O4. The number of rotatable bonds is 12. The van der Waals surface area contributed by atoms with Crippen LogP contribution in [0.3, 0.4) is 0 Å². The fourth-order valence-electron chi connectivity index (χ4n) is 3.64. The highest BCUT2D eigenvalue weighted by molar-refractivity contribution is 5.95. The number of nitrogens with two attached hydrogens (primary N) is 1. The molecule has 3 N–H and O–H groups in total. The van der Waals surface area contributed by atoms with E-state index >= 15 is 0 Å². The van der Waals surface area contributed by atoms with Crippen LogP contribution >= 0.6 is 0 Å². The fraction of sp³-hybridized carbons (Fsp3) is 0.280. The Morgan fingerprint density at radius 2 is 1.95 bits per heavy atom. The zero-order valence-electron chi connectivity index (χ0n) is 21.7. The van der Waals surface area contributed by atoms with Gasteiger partial charge in [-0.2, -0.15) is 9.78 Å². The lowest BCUT2D eigenvalue weighted by Crippen LogP contribution is -2.27. The van der Waals surface area contributed by atoms with Crippen LogP contribution in [-0.4, -0.2) is 62.5 Å². The summed E-state index contributed by atoms with van der Waals surface area (Å²) in [5.41, 5.74) is 10.3. The molecule has 2 aromatic carbocycles. The normalized spacial score (nSPS) is 11.3. The van der Waals surface area contributed by atoms with E-state index in [4.69, 9.17) is 15.2 Å². The Morgan fingerprint density at radius 3 is 2.62 bits per heavy atom. The lowest BCUT2D eigenvalue weighted by molar-refractivity contribution is 0.0945. The summed E-state index contributed by atoms with van der Waals surface area (Å²) in [5.74, 6) is 0.0753. The molecule has 2 aromatic heterocycles. The van der Waals surface area contributed by atoms with E-state index in [1.54, 1.807) is 30.3 Å². The number of hydrogen-bond acceptors (Lipinski definition) is 11. The Balaban J connectivity index is 1.49. The monoisotopic (exact) mass is 537 g/mol. The van der Waals surface area contributed by atoms with Crippen molar-refractivity contribution in [2.24, 2.45) is 5.10 Å². The van der Waals surface area contributed by atoms with Crippen LogP contribution in [0.5, 0.6) is 11.5 Å². The molecule has 2 heterocycles. The van der Waals surface area contributed by atoms with E-state index in [9.17, 15) is 9.18 Å². The van der Waals surface area contributed by atoms with E-state index < -0.39 is 5.91 Å². The minimum absolute atomic E-state index is 0.0410. The van der Waals surface area contributed by atoms with Crippen molar-refractivity contribution >= 4 is 17.9 Å². The van der Waals surface area contributed by atoms with Crippen molar-refractivity contribution in [1.82, 2.24) is 35.6 Å². The van der Waals surface area contributed by atoms with E-state index in [1.165, 1.54) is 30.1 Å². The molecule has 0 atom stereocenters. The van der Waals surface area contributed by atoms with E-state index in [2.05, 4.69) is 40.7 Å². The van der Waals surface area contributed by atoms with Gasteiger partial charge in [0, 0.05) is 6.54 Å². The van der Waals surface area contributed by atoms with Crippen molar-refractivity contribution in [2.75, 3.05) is 25.9 Å². The minimum Gasteiger partial charge on any atom is -0.493 e. The summed E-state index contributed by atoms with van der Waals surface area (Å²) in [6.45, 7) is 6.13. The number of carbonyl (C=O) groups is 1. The van der Waals surface area contributed by atoms with E-state index in [0.717, 1.165) is 18.7 Å². The van der Waals surface area contributed by atoms with Gasteiger partial charge < -0.3 is 15.2 Å². The highest BCUT2D eigenvalue weighted by atomic mass is 19.1. The average Bonchev–Trinajstić information content (AvgIpc) is 3.57. The summed E-state index contributed by atoms with van der Waals surface area (Å²) >= 11 is 0. The number of nitrogens with one attached hydrogen (secondary N) is 1. The van der Waals surface area contributed by atoms with Crippen LogP contribution in [0, 0.1) is 5.82 Å². The van der Waals surface area contributed by atoms with Gasteiger partial charge in [0.15, 0.2) is 17.2 Å². The highest BCUT2D eigenvalue weighted by Crippen LogP contribution is 2.28. The van der Waals surface area contributed by atoms with Gasteiger partial charge in [0.05, 0.1) is 13.3 Å². The second-order valence-electron chi connectivity index (χ2n) is 8.26. The number of benzene rings is 2. The van der Waals surface area contributed by atoms with Gasteiger partial charge in [-0.05, 0) is 64.9 Å².